The predicted octanol–water partition coefficient (Wildman–Crippen LogP) is 2.23. The molecule has 0 spiro atoms. The summed E-state index contributed by atoms with van der Waals surface area (Å²) in [5, 5.41) is 3.40. The molecule has 0 amide bonds. The molecule has 0 bridgehead atoms. The van der Waals surface area contributed by atoms with Gasteiger partial charge in [0.2, 0.25) is 0 Å². The Hall–Kier alpha value is -0.430. The molecule has 0 radical (unpaired) electrons. The van der Waals surface area contributed by atoms with Crippen molar-refractivity contribution in [1.29, 1.82) is 0 Å². The maximum atomic E-state index is 4.24. The first-order valence-electron chi connectivity index (χ1n) is 6.17. The van der Waals surface area contributed by atoms with Crippen LogP contribution in [0.2, 0.25) is 0 Å². The minimum atomic E-state index is 0.652. The van der Waals surface area contributed by atoms with Gasteiger partial charge in [-0.2, -0.15) is 0 Å². The number of anilines is 1. The van der Waals surface area contributed by atoms with E-state index in [1.165, 1.54) is 32.5 Å². The number of hydrogen-bond donors (Lipinski definition) is 1. The van der Waals surface area contributed by atoms with E-state index < -0.39 is 0 Å². The van der Waals surface area contributed by atoms with Crippen LogP contribution in [0.15, 0.2) is 12.5 Å². The first kappa shape index (κ1) is 13.0. The fourth-order valence-electron chi connectivity index (χ4n) is 2.18. The van der Waals surface area contributed by atoms with Gasteiger partial charge in [-0.25, -0.2) is 9.97 Å². The molecule has 1 aliphatic rings. The quantitative estimate of drug-likeness (QED) is 0.831. The van der Waals surface area contributed by atoms with E-state index >= 15 is 0 Å². The molecular weight excluding hydrogens is 327 g/mol. The van der Waals surface area contributed by atoms with E-state index in [2.05, 4.69) is 49.7 Å². The van der Waals surface area contributed by atoms with Gasteiger partial charge in [0.15, 0.2) is 0 Å². The van der Waals surface area contributed by atoms with Crippen molar-refractivity contribution < 1.29 is 0 Å². The zero-order chi connectivity index (χ0) is 12.1. The SMILES string of the molecule is CC(CNc1ncncc1I)CN1CCCC1. The lowest BCUT2D eigenvalue weighted by atomic mass is 10.1. The van der Waals surface area contributed by atoms with E-state index in [0.717, 1.165) is 15.9 Å². The first-order valence-corrected chi connectivity index (χ1v) is 7.25. The monoisotopic (exact) mass is 346 g/mol. The Labute approximate surface area is 116 Å². The summed E-state index contributed by atoms with van der Waals surface area (Å²) in [6, 6.07) is 0. The second-order valence-corrected chi connectivity index (χ2v) is 5.88. The Balaban J connectivity index is 1.75. The van der Waals surface area contributed by atoms with E-state index in [4.69, 9.17) is 0 Å². The molecule has 1 N–H and O–H groups in total. The highest BCUT2D eigenvalue weighted by Crippen LogP contribution is 2.14. The van der Waals surface area contributed by atoms with Gasteiger partial charge < -0.3 is 10.2 Å². The number of halogens is 1. The Morgan fingerprint density at radius 2 is 2.24 bits per heavy atom. The van der Waals surface area contributed by atoms with Gasteiger partial charge >= 0.3 is 0 Å². The van der Waals surface area contributed by atoms with Crippen LogP contribution in [-0.4, -0.2) is 41.0 Å². The van der Waals surface area contributed by atoms with Gasteiger partial charge in [-0.1, -0.05) is 6.92 Å². The molecule has 4 nitrogen and oxygen atoms in total. The summed E-state index contributed by atoms with van der Waals surface area (Å²) in [4.78, 5) is 10.8. The Bertz CT molecular complexity index is 352. The fourth-order valence-corrected chi connectivity index (χ4v) is 2.67. The molecule has 0 saturated carbocycles. The van der Waals surface area contributed by atoms with Crippen molar-refractivity contribution in [3.63, 3.8) is 0 Å². The fraction of sp³-hybridized carbons (Fsp3) is 0.667. The molecule has 2 heterocycles. The number of rotatable bonds is 5. The van der Waals surface area contributed by atoms with Crippen LogP contribution in [0, 0.1) is 9.49 Å². The second-order valence-electron chi connectivity index (χ2n) is 4.71. The summed E-state index contributed by atoms with van der Waals surface area (Å²) >= 11 is 2.26. The summed E-state index contributed by atoms with van der Waals surface area (Å²) in [6.07, 6.45) is 6.16. The maximum Gasteiger partial charge on any atom is 0.142 e. The molecule has 17 heavy (non-hydrogen) atoms. The van der Waals surface area contributed by atoms with Crippen molar-refractivity contribution in [1.82, 2.24) is 14.9 Å². The lowest BCUT2D eigenvalue weighted by Gasteiger charge is -2.20. The number of hydrogen-bond acceptors (Lipinski definition) is 4. The third-order valence-corrected chi connectivity index (χ3v) is 3.84. The van der Waals surface area contributed by atoms with Crippen LogP contribution in [-0.2, 0) is 0 Å². The van der Waals surface area contributed by atoms with Crippen molar-refractivity contribution in [2.75, 3.05) is 31.5 Å². The van der Waals surface area contributed by atoms with E-state index in [9.17, 15) is 0 Å². The maximum absolute atomic E-state index is 4.24. The van der Waals surface area contributed by atoms with Crippen LogP contribution in [0.3, 0.4) is 0 Å². The number of nitrogens with zero attached hydrogens (tertiary/aromatic N) is 3. The molecule has 1 saturated heterocycles. The van der Waals surface area contributed by atoms with Crippen LogP contribution in [0.1, 0.15) is 19.8 Å². The summed E-state index contributed by atoms with van der Waals surface area (Å²) < 4.78 is 1.08. The average Bonchev–Trinajstić information content (AvgIpc) is 2.81. The highest BCUT2D eigenvalue weighted by Gasteiger charge is 2.14. The number of likely N-dealkylation sites (tertiary alicyclic amines) is 1. The summed E-state index contributed by atoms with van der Waals surface area (Å²) in [6.45, 7) is 7.00. The zero-order valence-electron chi connectivity index (χ0n) is 10.2. The van der Waals surface area contributed by atoms with Crippen molar-refractivity contribution in [2.45, 2.75) is 19.8 Å². The molecule has 1 aromatic rings. The van der Waals surface area contributed by atoms with Gasteiger partial charge in [-0.05, 0) is 54.4 Å². The largest absolute Gasteiger partial charge is 0.369 e. The van der Waals surface area contributed by atoms with E-state index in [0.29, 0.717) is 5.92 Å². The first-order chi connectivity index (χ1) is 8.25. The van der Waals surface area contributed by atoms with Crippen molar-refractivity contribution in [2.24, 2.45) is 5.92 Å². The second kappa shape index (κ2) is 6.49. The Morgan fingerprint density at radius 3 is 2.94 bits per heavy atom. The molecule has 0 aromatic carbocycles. The number of aromatic nitrogens is 2. The standard InChI is InChI=1S/C12H19IN4/c1-10(8-17-4-2-3-5-17)6-15-12-11(13)7-14-9-16-12/h7,9-10H,2-6,8H2,1H3,(H,14,15,16). The minimum absolute atomic E-state index is 0.652. The molecule has 1 fully saturated rings. The normalized spacial score (nSPS) is 18.2. The van der Waals surface area contributed by atoms with Crippen molar-refractivity contribution in [3.8, 4) is 0 Å². The van der Waals surface area contributed by atoms with E-state index in [-0.39, 0.29) is 0 Å². The van der Waals surface area contributed by atoms with Crippen LogP contribution in [0.25, 0.3) is 0 Å². The highest BCUT2D eigenvalue weighted by molar-refractivity contribution is 14.1. The lowest BCUT2D eigenvalue weighted by molar-refractivity contribution is 0.294. The highest BCUT2D eigenvalue weighted by atomic mass is 127. The molecule has 94 valence electrons. The zero-order valence-corrected chi connectivity index (χ0v) is 12.4. The number of nitrogens with one attached hydrogen (secondary N) is 1. The topological polar surface area (TPSA) is 41.1 Å². The van der Waals surface area contributed by atoms with Crippen LogP contribution in [0.5, 0.6) is 0 Å². The summed E-state index contributed by atoms with van der Waals surface area (Å²) in [5.41, 5.74) is 0. The third-order valence-electron chi connectivity index (χ3n) is 3.05. The Kier molecular flexibility index (Phi) is 4.97. The van der Waals surface area contributed by atoms with Crippen molar-refractivity contribution >= 4 is 28.4 Å². The molecule has 1 aromatic heterocycles. The van der Waals surface area contributed by atoms with Gasteiger partial charge in [-0.3, -0.25) is 0 Å². The average molecular weight is 346 g/mol. The molecule has 5 heteroatoms. The van der Waals surface area contributed by atoms with Gasteiger partial charge in [-0.15, -0.1) is 0 Å². The van der Waals surface area contributed by atoms with E-state index in [1.54, 1.807) is 6.33 Å². The van der Waals surface area contributed by atoms with Gasteiger partial charge in [0, 0.05) is 19.3 Å². The van der Waals surface area contributed by atoms with Crippen LogP contribution >= 0.6 is 22.6 Å². The third kappa shape index (κ3) is 4.06. The molecule has 1 unspecified atom stereocenters. The molecule has 1 atom stereocenters. The van der Waals surface area contributed by atoms with Crippen molar-refractivity contribution in [3.05, 3.63) is 16.1 Å². The van der Waals surface area contributed by atoms with Crippen LogP contribution in [0.4, 0.5) is 5.82 Å². The molecule has 0 aliphatic carbocycles. The summed E-state index contributed by atoms with van der Waals surface area (Å²) in [7, 11) is 0. The lowest BCUT2D eigenvalue weighted by Crippen LogP contribution is -2.29. The Morgan fingerprint density at radius 1 is 1.47 bits per heavy atom. The van der Waals surface area contributed by atoms with Crippen LogP contribution < -0.4 is 5.32 Å². The smallest absolute Gasteiger partial charge is 0.142 e. The van der Waals surface area contributed by atoms with Gasteiger partial charge in [0.1, 0.15) is 12.1 Å². The van der Waals surface area contributed by atoms with Gasteiger partial charge in [0.05, 0.1) is 3.57 Å². The summed E-state index contributed by atoms with van der Waals surface area (Å²) in [5.74, 6) is 1.60. The molecule has 1 aliphatic heterocycles. The molecular formula is C12H19IN4. The molecule has 2 rings (SSSR count). The van der Waals surface area contributed by atoms with Gasteiger partial charge in [0.25, 0.3) is 0 Å². The predicted molar refractivity (Wildman–Crippen MR) is 78.1 cm³/mol. The minimum Gasteiger partial charge on any atom is -0.369 e. The van der Waals surface area contributed by atoms with E-state index in [1.807, 2.05) is 6.20 Å².